The van der Waals surface area contributed by atoms with Gasteiger partial charge in [-0.1, -0.05) is 12.1 Å². The van der Waals surface area contributed by atoms with Gasteiger partial charge in [0, 0.05) is 4.88 Å². The monoisotopic (exact) mass is 397 g/mol. The molecule has 2 aromatic heterocycles. The van der Waals surface area contributed by atoms with Crippen LogP contribution in [0.2, 0.25) is 0 Å². The lowest BCUT2D eigenvalue weighted by atomic mass is 10.2. The van der Waals surface area contributed by atoms with E-state index in [1.54, 1.807) is 11.3 Å². The third-order valence-corrected chi connectivity index (χ3v) is 6.61. The maximum atomic E-state index is 13.3. The van der Waals surface area contributed by atoms with Crippen LogP contribution in [0.25, 0.3) is 10.2 Å². The van der Waals surface area contributed by atoms with E-state index in [-0.39, 0.29) is 5.56 Å². The topological polar surface area (TPSA) is 47.4 Å². The lowest BCUT2D eigenvalue weighted by molar-refractivity contribution is 0.279. The van der Waals surface area contributed by atoms with Crippen molar-refractivity contribution in [3.63, 3.8) is 0 Å². The molecule has 148 valence electrons. The number of fused-ring (bicyclic) bond motifs is 1. The average Bonchev–Trinajstić information content (AvgIpc) is 3.26. The quantitative estimate of drug-likeness (QED) is 0.629. The van der Waals surface area contributed by atoms with E-state index in [9.17, 15) is 4.79 Å². The van der Waals surface area contributed by atoms with Crippen LogP contribution >= 0.6 is 11.3 Å². The number of aromatic nitrogens is 2. The first-order chi connectivity index (χ1) is 13.5. The first-order valence-electron chi connectivity index (χ1n) is 9.94. The van der Waals surface area contributed by atoms with Crippen LogP contribution in [0.5, 0.6) is 5.75 Å². The van der Waals surface area contributed by atoms with Gasteiger partial charge in [-0.2, -0.15) is 0 Å². The predicted molar refractivity (Wildman–Crippen MR) is 115 cm³/mol. The summed E-state index contributed by atoms with van der Waals surface area (Å²) < 4.78 is 7.75. The highest BCUT2D eigenvalue weighted by molar-refractivity contribution is 7.18. The molecule has 1 aromatic carbocycles. The molecule has 0 radical (unpaired) electrons. The number of likely N-dealkylation sites (tertiary alicyclic amines) is 1. The lowest BCUT2D eigenvalue weighted by Crippen LogP contribution is -2.31. The highest BCUT2D eigenvalue weighted by Crippen LogP contribution is 2.26. The number of rotatable bonds is 6. The third-order valence-electron chi connectivity index (χ3n) is 5.50. The van der Waals surface area contributed by atoms with Crippen molar-refractivity contribution in [2.75, 3.05) is 19.7 Å². The van der Waals surface area contributed by atoms with Gasteiger partial charge in [-0.25, -0.2) is 4.98 Å². The molecule has 3 heterocycles. The van der Waals surface area contributed by atoms with Crippen LogP contribution in [0, 0.1) is 20.8 Å². The van der Waals surface area contributed by atoms with Crippen molar-refractivity contribution >= 4 is 21.6 Å². The van der Waals surface area contributed by atoms with Gasteiger partial charge >= 0.3 is 0 Å². The molecule has 0 amide bonds. The molecule has 0 unspecified atom stereocenters. The fraction of sp³-hybridized carbons (Fsp3) is 0.455. The highest BCUT2D eigenvalue weighted by Gasteiger charge is 2.20. The summed E-state index contributed by atoms with van der Waals surface area (Å²) in [6.45, 7) is 9.97. The Bertz CT molecular complexity index is 1050. The summed E-state index contributed by atoms with van der Waals surface area (Å²) in [5, 5.41) is 0.767. The second-order valence-electron chi connectivity index (χ2n) is 7.60. The van der Waals surface area contributed by atoms with Crippen molar-refractivity contribution in [1.29, 1.82) is 0 Å². The molecule has 4 rings (SSSR count). The van der Waals surface area contributed by atoms with Gasteiger partial charge < -0.3 is 4.74 Å². The maximum absolute atomic E-state index is 13.3. The Kier molecular flexibility index (Phi) is 5.51. The number of thiophene rings is 1. The molecule has 5 nitrogen and oxygen atoms in total. The van der Waals surface area contributed by atoms with E-state index in [1.807, 2.05) is 42.7 Å². The van der Waals surface area contributed by atoms with E-state index in [2.05, 4.69) is 11.8 Å². The summed E-state index contributed by atoms with van der Waals surface area (Å²) in [7, 11) is 0. The molecule has 1 saturated heterocycles. The Balaban J connectivity index is 1.64. The summed E-state index contributed by atoms with van der Waals surface area (Å²) >= 11 is 1.62. The highest BCUT2D eigenvalue weighted by atomic mass is 32.1. The zero-order valence-electron chi connectivity index (χ0n) is 16.8. The lowest BCUT2D eigenvalue weighted by Gasteiger charge is -2.18. The van der Waals surface area contributed by atoms with Crippen LogP contribution in [0.3, 0.4) is 0 Å². The maximum Gasteiger partial charge on any atom is 0.262 e. The fourth-order valence-corrected chi connectivity index (χ4v) is 4.86. The van der Waals surface area contributed by atoms with Crippen LogP contribution in [0.15, 0.2) is 29.1 Å². The van der Waals surface area contributed by atoms with E-state index in [1.165, 1.54) is 17.7 Å². The molecular weight excluding hydrogens is 370 g/mol. The number of aryl methyl sites for hydroxylation is 3. The molecule has 3 aromatic rings. The second-order valence-corrected chi connectivity index (χ2v) is 8.80. The molecule has 0 atom stereocenters. The van der Waals surface area contributed by atoms with E-state index < -0.39 is 0 Å². The fourth-order valence-electron chi connectivity index (χ4n) is 3.82. The normalized spacial score (nSPS) is 14.8. The molecule has 28 heavy (non-hydrogen) atoms. The molecular formula is C22H27N3O2S. The number of ether oxygens (including phenoxy) is 1. The van der Waals surface area contributed by atoms with Crippen molar-refractivity contribution in [3.8, 4) is 5.75 Å². The number of hydrogen-bond donors (Lipinski definition) is 0. The van der Waals surface area contributed by atoms with Gasteiger partial charge in [0.15, 0.2) is 0 Å². The Morgan fingerprint density at radius 2 is 1.96 bits per heavy atom. The van der Waals surface area contributed by atoms with Gasteiger partial charge in [-0.15, -0.1) is 11.3 Å². The standard InChI is InChI=1S/C22H27N3O2S/c1-15-7-6-8-18(13-15)27-12-11-25-19(14-24-9-4-5-10-24)23-21-20(22(25)26)16(2)17(3)28-21/h6-8,13H,4-5,9-12,14H2,1-3H3. The number of hydrogen-bond acceptors (Lipinski definition) is 5. The Labute approximate surface area is 169 Å². The van der Waals surface area contributed by atoms with Crippen LogP contribution in [0.1, 0.15) is 34.7 Å². The Hall–Kier alpha value is -2.18. The predicted octanol–water partition coefficient (Wildman–Crippen LogP) is 4.06. The molecule has 0 saturated carbocycles. The molecule has 1 aliphatic rings. The van der Waals surface area contributed by atoms with Crippen molar-refractivity contribution in [2.45, 2.75) is 46.7 Å². The number of benzene rings is 1. The van der Waals surface area contributed by atoms with Crippen LogP contribution in [-0.2, 0) is 13.1 Å². The molecule has 0 N–H and O–H groups in total. The summed E-state index contributed by atoms with van der Waals surface area (Å²) in [5.41, 5.74) is 2.28. The van der Waals surface area contributed by atoms with Crippen molar-refractivity contribution < 1.29 is 4.74 Å². The smallest absolute Gasteiger partial charge is 0.262 e. The number of nitrogens with zero attached hydrogens (tertiary/aromatic N) is 3. The summed E-state index contributed by atoms with van der Waals surface area (Å²) in [5.74, 6) is 1.69. The summed E-state index contributed by atoms with van der Waals surface area (Å²) in [6, 6.07) is 8.00. The molecule has 6 heteroatoms. The van der Waals surface area contributed by atoms with Crippen molar-refractivity contribution in [2.24, 2.45) is 0 Å². The van der Waals surface area contributed by atoms with E-state index in [4.69, 9.17) is 9.72 Å². The average molecular weight is 398 g/mol. The van der Waals surface area contributed by atoms with Crippen LogP contribution in [0.4, 0.5) is 0 Å². The van der Waals surface area contributed by atoms with Crippen LogP contribution < -0.4 is 10.3 Å². The van der Waals surface area contributed by atoms with E-state index >= 15 is 0 Å². The zero-order chi connectivity index (χ0) is 19.7. The Morgan fingerprint density at radius 1 is 1.18 bits per heavy atom. The molecule has 0 bridgehead atoms. The van der Waals surface area contributed by atoms with Gasteiger partial charge in [0.05, 0.1) is 18.5 Å². The zero-order valence-corrected chi connectivity index (χ0v) is 17.6. The van der Waals surface area contributed by atoms with Gasteiger partial charge in [0.1, 0.15) is 23.0 Å². The van der Waals surface area contributed by atoms with Crippen LogP contribution in [-0.4, -0.2) is 34.1 Å². The minimum absolute atomic E-state index is 0.0638. The minimum atomic E-state index is 0.0638. The summed E-state index contributed by atoms with van der Waals surface area (Å²) in [6.07, 6.45) is 2.44. The molecule has 1 fully saturated rings. The Morgan fingerprint density at radius 3 is 2.71 bits per heavy atom. The third kappa shape index (κ3) is 3.84. The molecule has 1 aliphatic heterocycles. The SMILES string of the molecule is Cc1cccc(OCCn2c(CN3CCCC3)nc3sc(C)c(C)c3c2=O)c1. The van der Waals surface area contributed by atoms with E-state index in [0.29, 0.717) is 13.2 Å². The second kappa shape index (κ2) is 8.05. The van der Waals surface area contributed by atoms with Gasteiger partial charge in [-0.3, -0.25) is 14.3 Å². The first kappa shape index (κ1) is 19.2. The van der Waals surface area contributed by atoms with Crippen molar-refractivity contribution in [3.05, 3.63) is 56.4 Å². The van der Waals surface area contributed by atoms with Crippen molar-refractivity contribution in [1.82, 2.24) is 14.5 Å². The first-order valence-corrected chi connectivity index (χ1v) is 10.8. The van der Waals surface area contributed by atoms with Gasteiger partial charge in [0.25, 0.3) is 5.56 Å². The van der Waals surface area contributed by atoms with Gasteiger partial charge in [-0.05, 0) is 70.0 Å². The largest absolute Gasteiger partial charge is 0.492 e. The van der Waals surface area contributed by atoms with E-state index in [0.717, 1.165) is 52.6 Å². The molecule has 0 aliphatic carbocycles. The summed E-state index contributed by atoms with van der Waals surface area (Å²) in [4.78, 5) is 22.6. The van der Waals surface area contributed by atoms with Gasteiger partial charge in [0.2, 0.25) is 0 Å². The molecule has 0 spiro atoms. The minimum Gasteiger partial charge on any atom is -0.492 e.